The molecule has 0 bridgehead atoms. The first-order chi connectivity index (χ1) is 8.09. The molecule has 1 aliphatic carbocycles. The van der Waals surface area contributed by atoms with E-state index in [4.69, 9.17) is 0 Å². The fourth-order valence-corrected chi connectivity index (χ4v) is 2.83. The Morgan fingerprint density at radius 2 is 1.88 bits per heavy atom. The summed E-state index contributed by atoms with van der Waals surface area (Å²) in [6.45, 7) is 8.11. The van der Waals surface area contributed by atoms with E-state index in [9.17, 15) is 0 Å². The van der Waals surface area contributed by atoms with Crippen molar-refractivity contribution >= 4 is 0 Å². The maximum Gasteiger partial charge on any atom is 0.00930 e. The van der Waals surface area contributed by atoms with Gasteiger partial charge in [0.2, 0.25) is 0 Å². The van der Waals surface area contributed by atoms with Gasteiger partial charge in [0, 0.05) is 18.0 Å². The standard InChI is InChI=1S/C16H25N/c1-13-8-7-11-15(13)17-12-16(2,3)14-9-5-4-6-10-14/h4-6,9-10,13,15,17H,7-8,11-12H2,1-3H3. The van der Waals surface area contributed by atoms with Crippen molar-refractivity contribution in [2.75, 3.05) is 6.54 Å². The smallest absolute Gasteiger partial charge is 0.00930 e. The zero-order chi connectivity index (χ0) is 12.3. The minimum Gasteiger partial charge on any atom is -0.313 e. The molecule has 0 aromatic heterocycles. The van der Waals surface area contributed by atoms with Crippen LogP contribution in [0.15, 0.2) is 30.3 Å². The average molecular weight is 231 g/mol. The average Bonchev–Trinajstić information content (AvgIpc) is 2.74. The molecule has 0 heterocycles. The molecule has 0 radical (unpaired) electrons. The van der Waals surface area contributed by atoms with Gasteiger partial charge in [-0.25, -0.2) is 0 Å². The van der Waals surface area contributed by atoms with Crippen LogP contribution in [0.3, 0.4) is 0 Å². The van der Waals surface area contributed by atoms with E-state index in [1.54, 1.807) is 0 Å². The second kappa shape index (κ2) is 5.22. The van der Waals surface area contributed by atoms with Crippen molar-refractivity contribution in [3.63, 3.8) is 0 Å². The Labute approximate surface area is 106 Å². The molecular weight excluding hydrogens is 206 g/mol. The van der Waals surface area contributed by atoms with E-state index in [0.29, 0.717) is 0 Å². The molecule has 0 saturated heterocycles. The van der Waals surface area contributed by atoms with Crippen LogP contribution in [0.1, 0.15) is 45.6 Å². The highest BCUT2D eigenvalue weighted by molar-refractivity contribution is 5.23. The van der Waals surface area contributed by atoms with Gasteiger partial charge in [-0.2, -0.15) is 0 Å². The monoisotopic (exact) mass is 231 g/mol. The number of hydrogen-bond donors (Lipinski definition) is 1. The van der Waals surface area contributed by atoms with Crippen molar-refractivity contribution in [3.05, 3.63) is 35.9 Å². The molecule has 1 N–H and O–H groups in total. The van der Waals surface area contributed by atoms with E-state index < -0.39 is 0 Å². The lowest BCUT2D eigenvalue weighted by Crippen LogP contribution is -2.40. The third-order valence-corrected chi connectivity index (χ3v) is 4.22. The highest BCUT2D eigenvalue weighted by Crippen LogP contribution is 2.27. The molecule has 2 unspecified atom stereocenters. The lowest BCUT2D eigenvalue weighted by atomic mass is 9.84. The Morgan fingerprint density at radius 3 is 2.47 bits per heavy atom. The van der Waals surface area contributed by atoms with E-state index in [1.807, 2.05) is 0 Å². The third-order valence-electron chi connectivity index (χ3n) is 4.22. The van der Waals surface area contributed by atoms with Crippen LogP contribution < -0.4 is 5.32 Å². The highest BCUT2D eigenvalue weighted by Gasteiger charge is 2.26. The lowest BCUT2D eigenvalue weighted by molar-refractivity contribution is 0.373. The van der Waals surface area contributed by atoms with Crippen LogP contribution in [-0.4, -0.2) is 12.6 Å². The summed E-state index contributed by atoms with van der Waals surface area (Å²) in [4.78, 5) is 0. The Hall–Kier alpha value is -0.820. The topological polar surface area (TPSA) is 12.0 Å². The maximum absolute atomic E-state index is 3.77. The van der Waals surface area contributed by atoms with Gasteiger partial charge in [-0.15, -0.1) is 0 Å². The van der Waals surface area contributed by atoms with Crippen LogP contribution in [0.4, 0.5) is 0 Å². The van der Waals surface area contributed by atoms with Crippen LogP contribution in [0.25, 0.3) is 0 Å². The minimum absolute atomic E-state index is 0.226. The third kappa shape index (κ3) is 3.10. The van der Waals surface area contributed by atoms with Crippen molar-refractivity contribution in [1.82, 2.24) is 5.32 Å². The maximum atomic E-state index is 3.77. The summed E-state index contributed by atoms with van der Waals surface area (Å²) in [5.74, 6) is 0.849. The first-order valence-corrected chi connectivity index (χ1v) is 6.88. The molecule has 0 spiro atoms. The number of benzene rings is 1. The fourth-order valence-electron chi connectivity index (χ4n) is 2.83. The van der Waals surface area contributed by atoms with Gasteiger partial charge in [0.15, 0.2) is 0 Å². The van der Waals surface area contributed by atoms with E-state index in [-0.39, 0.29) is 5.41 Å². The van der Waals surface area contributed by atoms with Crippen LogP contribution in [0, 0.1) is 5.92 Å². The highest BCUT2D eigenvalue weighted by atomic mass is 14.9. The van der Waals surface area contributed by atoms with E-state index in [1.165, 1.54) is 24.8 Å². The Bertz CT molecular complexity index is 342. The lowest BCUT2D eigenvalue weighted by Gasteiger charge is -2.29. The van der Waals surface area contributed by atoms with Crippen molar-refractivity contribution in [1.29, 1.82) is 0 Å². The summed E-state index contributed by atoms with van der Waals surface area (Å²) in [6, 6.07) is 11.6. The van der Waals surface area contributed by atoms with Crippen molar-refractivity contribution < 1.29 is 0 Å². The second-order valence-electron chi connectivity index (χ2n) is 6.15. The summed E-state index contributed by atoms with van der Waals surface area (Å²) in [5.41, 5.74) is 1.65. The van der Waals surface area contributed by atoms with Crippen LogP contribution in [-0.2, 0) is 5.41 Å². The molecule has 1 aliphatic rings. The predicted molar refractivity (Wildman–Crippen MR) is 74.3 cm³/mol. The van der Waals surface area contributed by atoms with Gasteiger partial charge >= 0.3 is 0 Å². The molecule has 1 aromatic rings. The molecule has 1 aromatic carbocycles. The SMILES string of the molecule is CC1CCCC1NCC(C)(C)c1ccccc1. The van der Waals surface area contributed by atoms with Crippen LogP contribution in [0.5, 0.6) is 0 Å². The Kier molecular flexibility index (Phi) is 3.88. The summed E-state index contributed by atoms with van der Waals surface area (Å²) in [5, 5.41) is 3.77. The molecule has 1 nitrogen and oxygen atoms in total. The summed E-state index contributed by atoms with van der Waals surface area (Å²) in [7, 11) is 0. The molecule has 17 heavy (non-hydrogen) atoms. The summed E-state index contributed by atoms with van der Waals surface area (Å²) < 4.78 is 0. The molecule has 1 heteroatoms. The van der Waals surface area contributed by atoms with E-state index in [2.05, 4.69) is 56.4 Å². The minimum atomic E-state index is 0.226. The summed E-state index contributed by atoms with van der Waals surface area (Å²) in [6.07, 6.45) is 4.14. The molecule has 0 aliphatic heterocycles. The quantitative estimate of drug-likeness (QED) is 0.832. The van der Waals surface area contributed by atoms with Crippen molar-refractivity contribution in [2.24, 2.45) is 5.92 Å². The first-order valence-electron chi connectivity index (χ1n) is 6.88. The Balaban J connectivity index is 1.93. The zero-order valence-corrected chi connectivity index (χ0v) is 11.4. The van der Waals surface area contributed by atoms with Gasteiger partial charge in [0.05, 0.1) is 0 Å². The zero-order valence-electron chi connectivity index (χ0n) is 11.4. The Morgan fingerprint density at radius 1 is 1.18 bits per heavy atom. The van der Waals surface area contributed by atoms with E-state index >= 15 is 0 Å². The molecular formula is C16H25N. The fraction of sp³-hybridized carbons (Fsp3) is 0.625. The number of nitrogens with one attached hydrogen (secondary N) is 1. The normalized spacial score (nSPS) is 25.1. The summed E-state index contributed by atoms with van der Waals surface area (Å²) >= 11 is 0. The van der Waals surface area contributed by atoms with Crippen LogP contribution in [0.2, 0.25) is 0 Å². The van der Waals surface area contributed by atoms with Gasteiger partial charge in [-0.05, 0) is 24.3 Å². The van der Waals surface area contributed by atoms with Crippen molar-refractivity contribution in [3.8, 4) is 0 Å². The molecule has 1 saturated carbocycles. The molecule has 94 valence electrons. The molecule has 2 atom stereocenters. The van der Waals surface area contributed by atoms with Gasteiger partial charge in [-0.3, -0.25) is 0 Å². The molecule has 2 rings (SSSR count). The van der Waals surface area contributed by atoms with Gasteiger partial charge < -0.3 is 5.32 Å². The number of rotatable bonds is 4. The van der Waals surface area contributed by atoms with Gasteiger partial charge in [0.25, 0.3) is 0 Å². The van der Waals surface area contributed by atoms with Gasteiger partial charge in [0.1, 0.15) is 0 Å². The second-order valence-corrected chi connectivity index (χ2v) is 6.15. The predicted octanol–water partition coefficient (Wildman–Crippen LogP) is 3.74. The number of hydrogen-bond acceptors (Lipinski definition) is 1. The first kappa shape index (κ1) is 12.6. The largest absolute Gasteiger partial charge is 0.313 e. The molecule has 0 amide bonds. The van der Waals surface area contributed by atoms with Gasteiger partial charge in [-0.1, -0.05) is 57.5 Å². The molecule has 1 fully saturated rings. The van der Waals surface area contributed by atoms with Crippen LogP contribution >= 0.6 is 0 Å². The van der Waals surface area contributed by atoms with E-state index in [0.717, 1.165) is 18.5 Å². The van der Waals surface area contributed by atoms with Crippen molar-refractivity contribution in [2.45, 2.75) is 51.5 Å².